The second-order valence-corrected chi connectivity index (χ2v) is 14.7. The third-order valence-electron chi connectivity index (χ3n) is 9.20. The number of benzene rings is 4. The van der Waals surface area contributed by atoms with Gasteiger partial charge in [0.1, 0.15) is 0 Å². The van der Waals surface area contributed by atoms with Gasteiger partial charge in [0, 0.05) is 35.8 Å². The first-order chi connectivity index (χ1) is 20.8. The summed E-state index contributed by atoms with van der Waals surface area (Å²) in [6.07, 6.45) is 9.27. The fraction of sp³-hybridized carbons (Fsp3) is 0.231. The van der Waals surface area contributed by atoms with Crippen LogP contribution in [0.15, 0.2) is 95.7 Å². The number of rotatable bonds is 9. The fourth-order valence-electron chi connectivity index (χ4n) is 7.15. The number of unbranched alkanes of at least 4 members (excludes halogenated alkanes) is 5. The molecule has 0 nitrogen and oxygen atoms in total. The molecular weight excluding hydrogens is 565 g/mol. The third-order valence-corrected chi connectivity index (χ3v) is 12.2. The van der Waals surface area contributed by atoms with E-state index in [4.69, 9.17) is 0 Å². The minimum Gasteiger partial charge on any atom is -0.144 e. The summed E-state index contributed by atoms with van der Waals surface area (Å²) in [5, 5.41) is 10.0. The number of hydrogen-bond donors (Lipinski definition) is 0. The molecule has 0 amide bonds. The van der Waals surface area contributed by atoms with Crippen LogP contribution in [0, 0.1) is 0 Å². The zero-order valence-electron chi connectivity index (χ0n) is 24.0. The van der Waals surface area contributed by atoms with Gasteiger partial charge in [0.25, 0.3) is 0 Å². The predicted molar refractivity (Wildman–Crippen MR) is 189 cm³/mol. The average molecular weight is 599 g/mol. The Bertz CT molecular complexity index is 2020. The van der Waals surface area contributed by atoms with Crippen LogP contribution in [0.3, 0.4) is 0 Å². The van der Waals surface area contributed by atoms with E-state index in [9.17, 15) is 0 Å². The average Bonchev–Trinajstić information content (AvgIpc) is 3.84. The Morgan fingerprint density at radius 1 is 0.595 bits per heavy atom. The van der Waals surface area contributed by atoms with Crippen molar-refractivity contribution in [1.82, 2.24) is 0 Å². The van der Waals surface area contributed by atoms with Gasteiger partial charge in [0.2, 0.25) is 0 Å². The van der Waals surface area contributed by atoms with Crippen LogP contribution in [0.4, 0.5) is 0 Å². The molecule has 42 heavy (non-hydrogen) atoms. The first-order valence-electron chi connectivity index (χ1n) is 15.4. The summed E-state index contributed by atoms with van der Waals surface area (Å²) in [5.74, 6) is 0.460. The van der Waals surface area contributed by atoms with Gasteiger partial charge in [-0.15, -0.1) is 34.0 Å². The van der Waals surface area contributed by atoms with Crippen LogP contribution in [0.5, 0.6) is 0 Å². The molecule has 0 N–H and O–H groups in total. The lowest BCUT2D eigenvalue weighted by Gasteiger charge is -2.17. The van der Waals surface area contributed by atoms with Crippen LogP contribution in [-0.2, 0) is 0 Å². The highest BCUT2D eigenvalue weighted by molar-refractivity contribution is 7.26. The Hall–Kier alpha value is -3.24. The van der Waals surface area contributed by atoms with Crippen molar-refractivity contribution in [2.75, 3.05) is 0 Å². The minimum atomic E-state index is 0.460. The highest BCUT2D eigenvalue weighted by atomic mass is 32.1. The molecule has 8 rings (SSSR count). The van der Waals surface area contributed by atoms with Gasteiger partial charge >= 0.3 is 0 Å². The van der Waals surface area contributed by atoms with Crippen molar-refractivity contribution in [1.29, 1.82) is 0 Å². The van der Waals surface area contributed by atoms with Gasteiger partial charge < -0.3 is 0 Å². The Labute approximate surface area is 260 Å². The maximum Gasteiger partial charge on any atom is 0.0433 e. The number of thiophene rings is 3. The van der Waals surface area contributed by atoms with Crippen molar-refractivity contribution in [2.24, 2.45) is 0 Å². The van der Waals surface area contributed by atoms with Gasteiger partial charge in [0.15, 0.2) is 0 Å². The molecule has 0 radical (unpaired) electrons. The maximum absolute atomic E-state index is 2.51. The molecule has 1 unspecified atom stereocenters. The maximum atomic E-state index is 2.51. The van der Waals surface area contributed by atoms with Gasteiger partial charge in [-0.2, -0.15) is 0 Å². The molecule has 4 aromatic carbocycles. The predicted octanol–water partition coefficient (Wildman–Crippen LogP) is 13.5. The second kappa shape index (κ2) is 11.1. The van der Waals surface area contributed by atoms with E-state index in [1.165, 1.54) is 113 Å². The molecule has 7 aromatic rings. The van der Waals surface area contributed by atoms with E-state index in [2.05, 4.69) is 103 Å². The van der Waals surface area contributed by atoms with Crippen molar-refractivity contribution >= 4 is 65.0 Å². The van der Waals surface area contributed by atoms with Crippen LogP contribution >= 0.6 is 34.0 Å². The van der Waals surface area contributed by atoms with Crippen molar-refractivity contribution < 1.29 is 0 Å². The molecule has 0 fully saturated rings. The molecule has 0 aliphatic heterocycles. The Morgan fingerprint density at radius 2 is 1.24 bits per heavy atom. The first-order valence-corrected chi connectivity index (χ1v) is 18.0. The van der Waals surface area contributed by atoms with Crippen LogP contribution in [-0.4, -0.2) is 0 Å². The largest absolute Gasteiger partial charge is 0.144 e. The van der Waals surface area contributed by atoms with E-state index in [1.54, 1.807) is 5.56 Å². The molecule has 3 heteroatoms. The summed E-state index contributed by atoms with van der Waals surface area (Å²) in [6.45, 7) is 2.30. The van der Waals surface area contributed by atoms with Gasteiger partial charge in [-0.3, -0.25) is 0 Å². The molecule has 1 aliphatic carbocycles. The van der Waals surface area contributed by atoms with Crippen molar-refractivity contribution in [3.05, 3.63) is 107 Å². The van der Waals surface area contributed by atoms with Gasteiger partial charge in [0.05, 0.1) is 0 Å². The van der Waals surface area contributed by atoms with Gasteiger partial charge in [-0.05, 0) is 85.6 Å². The molecule has 3 heterocycles. The normalized spacial score (nSPS) is 14.3. The van der Waals surface area contributed by atoms with E-state index in [1.807, 2.05) is 34.0 Å². The zero-order chi connectivity index (χ0) is 28.0. The van der Waals surface area contributed by atoms with Crippen molar-refractivity contribution in [2.45, 2.75) is 57.8 Å². The van der Waals surface area contributed by atoms with Gasteiger partial charge in [-0.25, -0.2) is 0 Å². The molecule has 0 spiro atoms. The Morgan fingerprint density at radius 3 is 2.02 bits per heavy atom. The van der Waals surface area contributed by atoms with Crippen molar-refractivity contribution in [3.63, 3.8) is 0 Å². The molecule has 3 aromatic heterocycles. The summed E-state index contributed by atoms with van der Waals surface area (Å²) in [4.78, 5) is 2.71. The third kappa shape index (κ3) is 4.45. The highest BCUT2D eigenvalue weighted by Gasteiger charge is 2.31. The molecular formula is C39H34S3. The second-order valence-electron chi connectivity index (χ2n) is 11.7. The van der Waals surface area contributed by atoms with Gasteiger partial charge in [-0.1, -0.05) is 106 Å². The molecule has 0 bridgehead atoms. The lowest BCUT2D eigenvalue weighted by Crippen LogP contribution is -1.98. The van der Waals surface area contributed by atoms with Crippen LogP contribution < -0.4 is 0 Å². The lowest BCUT2D eigenvalue weighted by atomic mass is 9.87. The molecule has 1 aliphatic rings. The van der Waals surface area contributed by atoms with E-state index in [-0.39, 0.29) is 0 Å². The number of hydrogen-bond acceptors (Lipinski definition) is 3. The summed E-state index contributed by atoms with van der Waals surface area (Å²) in [5.41, 5.74) is 8.69. The summed E-state index contributed by atoms with van der Waals surface area (Å²) < 4.78 is 2.82. The van der Waals surface area contributed by atoms with E-state index >= 15 is 0 Å². The summed E-state index contributed by atoms with van der Waals surface area (Å²) in [6, 6.07) is 32.8. The standard InChI is InChI=1S/C39H34S3/c1-2-3-4-5-6-7-10-29-34-23-25(35-11-8-21-40-35)13-15-27(34)30-17-20-33-31(38(29)30)18-19-32-28-16-14-26(36-12-9-22-41-36)24-37(28)42-39(32)33/h8-9,11-24,29H,2-7,10H2,1H3. The Kier molecular flexibility index (Phi) is 6.98. The Balaban J connectivity index is 1.25. The minimum absolute atomic E-state index is 0.460. The van der Waals surface area contributed by atoms with Crippen LogP contribution in [0.1, 0.15) is 68.9 Å². The van der Waals surface area contributed by atoms with Crippen LogP contribution in [0.25, 0.3) is 63.0 Å². The summed E-state index contributed by atoms with van der Waals surface area (Å²) in [7, 11) is 0. The summed E-state index contributed by atoms with van der Waals surface area (Å²) >= 11 is 5.63. The SMILES string of the molecule is CCCCCCCCC1c2cc(-c3cccs3)ccc2-c2ccc3c(ccc4c5ccc(-c6cccs6)cc5sc34)c21. The molecule has 0 saturated carbocycles. The van der Waals surface area contributed by atoms with E-state index in [0.717, 1.165) is 0 Å². The smallest absolute Gasteiger partial charge is 0.0433 e. The topological polar surface area (TPSA) is 0 Å². The lowest BCUT2D eigenvalue weighted by molar-refractivity contribution is 0.572. The number of fused-ring (bicyclic) bond motifs is 9. The molecule has 0 saturated heterocycles. The monoisotopic (exact) mass is 598 g/mol. The van der Waals surface area contributed by atoms with Crippen LogP contribution in [0.2, 0.25) is 0 Å². The molecule has 1 atom stereocenters. The zero-order valence-corrected chi connectivity index (χ0v) is 26.4. The van der Waals surface area contributed by atoms with E-state index < -0.39 is 0 Å². The first kappa shape index (κ1) is 26.4. The van der Waals surface area contributed by atoms with E-state index in [0.29, 0.717) is 5.92 Å². The fourth-order valence-corrected chi connectivity index (χ4v) is 9.86. The highest BCUT2D eigenvalue weighted by Crippen LogP contribution is 2.52. The molecule has 208 valence electrons. The van der Waals surface area contributed by atoms with Crippen molar-refractivity contribution in [3.8, 4) is 32.0 Å². The quantitative estimate of drug-likeness (QED) is 0.145.